The Morgan fingerprint density at radius 3 is 2.55 bits per heavy atom. The van der Waals surface area contributed by atoms with Crippen LogP contribution in [-0.2, 0) is 10.0 Å². The molecular formula is C13H17N3O4S2. The fourth-order valence-corrected chi connectivity index (χ4v) is 3.53. The third-order valence-electron chi connectivity index (χ3n) is 3.62. The van der Waals surface area contributed by atoms with Crippen LogP contribution in [0.15, 0.2) is 18.2 Å². The van der Waals surface area contributed by atoms with Crippen LogP contribution in [-0.4, -0.2) is 62.0 Å². The number of sulfonamides is 1. The monoisotopic (exact) mass is 343 g/mol. The smallest absolute Gasteiger partial charge is 0.231 e. The molecule has 0 bridgehead atoms. The highest BCUT2D eigenvalue weighted by atomic mass is 32.2. The van der Waals surface area contributed by atoms with Gasteiger partial charge < -0.3 is 19.7 Å². The minimum absolute atomic E-state index is 0.233. The van der Waals surface area contributed by atoms with Crippen molar-refractivity contribution in [1.82, 2.24) is 9.21 Å². The van der Waals surface area contributed by atoms with Crippen LogP contribution in [0.4, 0.5) is 5.69 Å². The van der Waals surface area contributed by atoms with E-state index in [1.807, 2.05) is 23.1 Å². The van der Waals surface area contributed by atoms with Crippen molar-refractivity contribution in [2.24, 2.45) is 0 Å². The molecule has 0 unspecified atom stereocenters. The molecule has 0 atom stereocenters. The summed E-state index contributed by atoms with van der Waals surface area (Å²) in [5.41, 5.74) is 0.819. The van der Waals surface area contributed by atoms with Gasteiger partial charge in [0.25, 0.3) is 0 Å². The molecule has 7 nitrogen and oxygen atoms in total. The predicted octanol–water partition coefficient (Wildman–Crippen LogP) is 0.689. The van der Waals surface area contributed by atoms with E-state index >= 15 is 0 Å². The van der Waals surface area contributed by atoms with Gasteiger partial charge in [-0.2, -0.15) is 4.31 Å². The lowest BCUT2D eigenvalue weighted by Gasteiger charge is -2.34. The Morgan fingerprint density at radius 2 is 1.86 bits per heavy atom. The van der Waals surface area contributed by atoms with Crippen molar-refractivity contribution in [3.05, 3.63) is 18.2 Å². The van der Waals surface area contributed by atoms with E-state index < -0.39 is 10.0 Å². The first-order valence-corrected chi connectivity index (χ1v) is 9.10. The molecule has 22 heavy (non-hydrogen) atoms. The molecule has 2 aliphatic heterocycles. The molecule has 1 saturated heterocycles. The molecule has 0 amide bonds. The van der Waals surface area contributed by atoms with Crippen LogP contribution in [0.2, 0.25) is 0 Å². The number of thiocarbonyl (C=S) groups is 1. The summed E-state index contributed by atoms with van der Waals surface area (Å²) in [7, 11) is -3.13. The van der Waals surface area contributed by atoms with Crippen molar-refractivity contribution in [2.75, 3.05) is 44.5 Å². The number of benzene rings is 1. The summed E-state index contributed by atoms with van der Waals surface area (Å²) in [6, 6.07) is 5.53. The number of hydrogen-bond acceptors (Lipinski definition) is 5. The minimum Gasteiger partial charge on any atom is -0.454 e. The van der Waals surface area contributed by atoms with Gasteiger partial charge in [-0.1, -0.05) is 0 Å². The fourth-order valence-electron chi connectivity index (χ4n) is 2.40. The second-order valence-corrected chi connectivity index (χ2v) is 7.52. The van der Waals surface area contributed by atoms with Crippen molar-refractivity contribution in [3.63, 3.8) is 0 Å². The molecule has 0 aliphatic carbocycles. The summed E-state index contributed by atoms with van der Waals surface area (Å²) in [6.07, 6.45) is 1.23. The van der Waals surface area contributed by atoms with Gasteiger partial charge in [-0.3, -0.25) is 0 Å². The zero-order valence-corrected chi connectivity index (χ0v) is 13.7. The molecule has 120 valence electrons. The van der Waals surface area contributed by atoms with Crippen molar-refractivity contribution < 1.29 is 17.9 Å². The minimum atomic E-state index is -3.13. The molecule has 9 heteroatoms. The average molecular weight is 343 g/mol. The van der Waals surface area contributed by atoms with Gasteiger partial charge in [-0.25, -0.2) is 8.42 Å². The molecule has 0 aromatic heterocycles. The van der Waals surface area contributed by atoms with Gasteiger partial charge in [0.15, 0.2) is 16.6 Å². The maximum absolute atomic E-state index is 11.5. The van der Waals surface area contributed by atoms with E-state index in [1.165, 1.54) is 10.6 Å². The van der Waals surface area contributed by atoms with Crippen LogP contribution < -0.4 is 14.8 Å². The molecule has 0 saturated carbocycles. The Bertz CT molecular complexity index is 685. The second-order valence-electron chi connectivity index (χ2n) is 5.15. The normalized spacial score (nSPS) is 18.3. The maximum atomic E-state index is 11.5. The Kier molecular flexibility index (Phi) is 4.11. The van der Waals surface area contributed by atoms with E-state index in [1.54, 1.807) is 0 Å². The molecule has 1 aromatic carbocycles. The zero-order valence-electron chi connectivity index (χ0n) is 12.1. The van der Waals surface area contributed by atoms with E-state index in [9.17, 15) is 8.42 Å². The summed E-state index contributed by atoms with van der Waals surface area (Å²) in [4.78, 5) is 1.96. The SMILES string of the molecule is CS(=O)(=O)N1CCN(C(=S)Nc2ccc3c(c2)OCO3)CC1. The topological polar surface area (TPSA) is 71.1 Å². The number of nitrogens with zero attached hydrogens (tertiary/aromatic N) is 2. The van der Waals surface area contributed by atoms with E-state index in [0.29, 0.717) is 37.0 Å². The Balaban J connectivity index is 1.59. The number of anilines is 1. The van der Waals surface area contributed by atoms with Crippen molar-refractivity contribution >= 4 is 33.0 Å². The molecule has 3 rings (SSSR count). The quantitative estimate of drug-likeness (QED) is 0.792. The standard InChI is InChI=1S/C13H17N3O4S2/c1-22(17,18)16-6-4-15(5-7-16)13(21)14-10-2-3-11-12(8-10)20-9-19-11/h2-3,8H,4-7,9H2,1H3,(H,14,21). The predicted molar refractivity (Wildman–Crippen MR) is 86.8 cm³/mol. The summed E-state index contributed by atoms with van der Waals surface area (Å²) in [5, 5.41) is 3.72. The van der Waals surface area contributed by atoms with Gasteiger partial charge in [0.05, 0.1) is 6.26 Å². The van der Waals surface area contributed by atoms with Gasteiger partial charge in [0.1, 0.15) is 0 Å². The van der Waals surface area contributed by atoms with Crippen molar-refractivity contribution in [1.29, 1.82) is 0 Å². The third kappa shape index (κ3) is 3.26. The molecule has 0 radical (unpaired) electrons. The highest BCUT2D eigenvalue weighted by Crippen LogP contribution is 2.34. The van der Waals surface area contributed by atoms with Gasteiger partial charge in [-0.05, 0) is 24.4 Å². The van der Waals surface area contributed by atoms with Gasteiger partial charge in [0.2, 0.25) is 16.8 Å². The van der Waals surface area contributed by atoms with E-state index in [0.717, 1.165) is 11.4 Å². The van der Waals surface area contributed by atoms with Gasteiger partial charge in [-0.15, -0.1) is 0 Å². The number of fused-ring (bicyclic) bond motifs is 1. The van der Waals surface area contributed by atoms with E-state index in [2.05, 4.69) is 5.32 Å². The molecule has 2 aliphatic rings. The van der Waals surface area contributed by atoms with Crippen LogP contribution in [0.1, 0.15) is 0 Å². The average Bonchev–Trinajstić information content (AvgIpc) is 2.94. The molecule has 1 fully saturated rings. The Labute approximate surface area is 134 Å². The van der Waals surface area contributed by atoms with Crippen LogP contribution in [0.5, 0.6) is 11.5 Å². The number of piperazine rings is 1. The zero-order chi connectivity index (χ0) is 15.7. The van der Waals surface area contributed by atoms with Crippen LogP contribution in [0.25, 0.3) is 0 Å². The summed E-state index contributed by atoms with van der Waals surface area (Å²) >= 11 is 5.39. The first kappa shape index (κ1) is 15.3. The lowest BCUT2D eigenvalue weighted by atomic mass is 10.3. The van der Waals surface area contributed by atoms with Crippen molar-refractivity contribution in [3.8, 4) is 11.5 Å². The van der Waals surface area contributed by atoms with E-state index in [4.69, 9.17) is 21.7 Å². The van der Waals surface area contributed by atoms with Crippen LogP contribution >= 0.6 is 12.2 Å². The summed E-state index contributed by atoms with van der Waals surface area (Å²) < 4.78 is 35.0. The highest BCUT2D eigenvalue weighted by molar-refractivity contribution is 7.88. The number of nitrogens with one attached hydrogen (secondary N) is 1. The molecule has 0 spiro atoms. The summed E-state index contributed by atoms with van der Waals surface area (Å²) in [5.74, 6) is 1.41. The number of hydrogen-bond donors (Lipinski definition) is 1. The first-order valence-electron chi connectivity index (χ1n) is 6.84. The van der Waals surface area contributed by atoms with Crippen LogP contribution in [0.3, 0.4) is 0 Å². The maximum Gasteiger partial charge on any atom is 0.231 e. The fraction of sp³-hybridized carbons (Fsp3) is 0.462. The largest absolute Gasteiger partial charge is 0.454 e. The molecule has 1 N–H and O–H groups in total. The lowest BCUT2D eigenvalue weighted by molar-refractivity contribution is 0.174. The molecule has 1 aromatic rings. The Hall–Kier alpha value is -1.58. The first-order chi connectivity index (χ1) is 10.4. The van der Waals surface area contributed by atoms with Crippen LogP contribution in [0, 0.1) is 0 Å². The number of rotatable bonds is 2. The summed E-state index contributed by atoms with van der Waals surface area (Å²) in [6.45, 7) is 2.27. The number of ether oxygens (including phenoxy) is 2. The van der Waals surface area contributed by atoms with Crippen molar-refractivity contribution in [2.45, 2.75) is 0 Å². The highest BCUT2D eigenvalue weighted by Gasteiger charge is 2.24. The Morgan fingerprint density at radius 1 is 1.18 bits per heavy atom. The third-order valence-corrected chi connectivity index (χ3v) is 5.28. The van der Waals surface area contributed by atoms with Gasteiger partial charge in [0, 0.05) is 37.9 Å². The molecule has 2 heterocycles. The van der Waals surface area contributed by atoms with Gasteiger partial charge >= 0.3 is 0 Å². The second kappa shape index (κ2) is 5.90. The lowest BCUT2D eigenvalue weighted by Crippen LogP contribution is -2.51. The van der Waals surface area contributed by atoms with E-state index in [-0.39, 0.29) is 6.79 Å². The molecular weight excluding hydrogens is 326 g/mol.